The normalized spacial score (nSPS) is 12.5. The Morgan fingerprint density at radius 3 is 2.21 bits per heavy atom. The number of aromatic nitrogens is 1. The predicted octanol–water partition coefficient (Wildman–Crippen LogP) is 4.83. The topological polar surface area (TPSA) is 39.3 Å². The van der Waals surface area contributed by atoms with Crippen LogP contribution in [0.5, 0.6) is 0 Å². The number of anilines is 1. The molecule has 4 rings (SSSR count). The smallest absolute Gasteiger partial charge is 0.213 e. The summed E-state index contributed by atoms with van der Waals surface area (Å²) in [6, 6.07) is 21.2. The largest absolute Gasteiger partial charge is 0.469 e. The van der Waals surface area contributed by atoms with Crippen molar-refractivity contribution >= 4 is 27.5 Å². The second-order valence-corrected chi connectivity index (χ2v) is 6.25. The van der Waals surface area contributed by atoms with Crippen molar-refractivity contribution in [2.75, 3.05) is 5.32 Å². The molecule has 4 aromatic rings. The summed E-state index contributed by atoms with van der Waals surface area (Å²) in [4.78, 5) is 3.52. The summed E-state index contributed by atoms with van der Waals surface area (Å²) in [6.45, 7) is 2.23. The van der Waals surface area contributed by atoms with Gasteiger partial charge in [0.1, 0.15) is 5.76 Å². The standard InChI is InChI=1S/C21H20N2O/c1-15(12-13-16-7-6-14-24-16)22-21-17-8-2-4-10-19(17)23-20-11-5-3-9-18(20)21/h2-11,14-15H,12-13H2,1H3,(H,22,23)/p+1/t15-/m1/s1. The number of pyridine rings is 1. The molecule has 0 unspecified atom stereocenters. The van der Waals surface area contributed by atoms with Gasteiger partial charge in [0.15, 0.2) is 0 Å². The third kappa shape index (κ3) is 2.85. The van der Waals surface area contributed by atoms with Gasteiger partial charge in [-0.05, 0) is 37.6 Å². The summed E-state index contributed by atoms with van der Waals surface area (Å²) in [5.41, 5.74) is 3.50. The average molecular weight is 317 g/mol. The van der Waals surface area contributed by atoms with Crippen LogP contribution in [0.3, 0.4) is 0 Å². The molecule has 0 saturated heterocycles. The highest BCUT2D eigenvalue weighted by atomic mass is 16.3. The van der Waals surface area contributed by atoms with Crippen LogP contribution in [0.4, 0.5) is 5.69 Å². The molecule has 0 fully saturated rings. The molecule has 0 aliphatic heterocycles. The van der Waals surface area contributed by atoms with Gasteiger partial charge in [-0.3, -0.25) is 0 Å². The van der Waals surface area contributed by atoms with Crippen LogP contribution in [0.25, 0.3) is 21.8 Å². The first-order valence-corrected chi connectivity index (χ1v) is 8.43. The van der Waals surface area contributed by atoms with Crippen molar-refractivity contribution in [3.63, 3.8) is 0 Å². The van der Waals surface area contributed by atoms with E-state index in [1.165, 1.54) is 16.5 Å². The van der Waals surface area contributed by atoms with Crippen molar-refractivity contribution in [2.24, 2.45) is 0 Å². The fraction of sp³-hybridized carbons (Fsp3) is 0.190. The van der Waals surface area contributed by atoms with E-state index >= 15 is 0 Å². The molecule has 0 aliphatic carbocycles. The van der Waals surface area contributed by atoms with E-state index in [1.807, 2.05) is 12.1 Å². The Kier molecular flexibility index (Phi) is 3.91. The van der Waals surface area contributed by atoms with E-state index in [1.54, 1.807) is 6.26 Å². The minimum absolute atomic E-state index is 0.351. The number of H-pyrrole nitrogens is 1. The molecule has 1 atom stereocenters. The summed E-state index contributed by atoms with van der Waals surface area (Å²) >= 11 is 0. The molecular formula is C21H21N2O+. The molecule has 2 N–H and O–H groups in total. The van der Waals surface area contributed by atoms with Gasteiger partial charge in [-0.25, -0.2) is 4.98 Å². The molecule has 0 aliphatic rings. The Bertz CT molecular complexity index is 906. The van der Waals surface area contributed by atoms with Gasteiger partial charge in [0.25, 0.3) is 0 Å². The van der Waals surface area contributed by atoms with Crippen LogP contribution in [-0.4, -0.2) is 6.04 Å². The van der Waals surface area contributed by atoms with Crippen molar-refractivity contribution < 1.29 is 9.40 Å². The molecule has 2 aromatic heterocycles. The number of benzene rings is 2. The van der Waals surface area contributed by atoms with E-state index in [0.29, 0.717) is 6.04 Å². The zero-order chi connectivity index (χ0) is 16.4. The van der Waals surface area contributed by atoms with Gasteiger partial charge >= 0.3 is 0 Å². The van der Waals surface area contributed by atoms with Gasteiger partial charge in [0.05, 0.1) is 22.7 Å². The number of aryl methyl sites for hydroxylation is 1. The molecule has 0 radical (unpaired) electrons. The van der Waals surface area contributed by atoms with Crippen molar-refractivity contribution in [1.29, 1.82) is 0 Å². The zero-order valence-corrected chi connectivity index (χ0v) is 13.8. The third-order valence-electron chi connectivity index (χ3n) is 4.46. The highest BCUT2D eigenvalue weighted by molar-refractivity contribution is 6.04. The Morgan fingerprint density at radius 2 is 1.58 bits per heavy atom. The SMILES string of the molecule is C[C@H](CCc1ccco1)Nc1c2ccccc2[nH+]c2ccccc12. The van der Waals surface area contributed by atoms with Gasteiger partial charge in [-0.2, -0.15) is 0 Å². The second-order valence-electron chi connectivity index (χ2n) is 6.25. The van der Waals surface area contributed by atoms with Crippen molar-refractivity contribution in [1.82, 2.24) is 0 Å². The molecule has 0 bridgehead atoms. The van der Waals surface area contributed by atoms with Gasteiger partial charge < -0.3 is 9.73 Å². The minimum atomic E-state index is 0.351. The van der Waals surface area contributed by atoms with Gasteiger partial charge in [0.2, 0.25) is 11.0 Å². The minimum Gasteiger partial charge on any atom is -0.469 e. The van der Waals surface area contributed by atoms with E-state index in [2.05, 4.69) is 65.8 Å². The lowest BCUT2D eigenvalue weighted by atomic mass is 10.1. The summed E-state index contributed by atoms with van der Waals surface area (Å²) in [6.07, 6.45) is 3.70. The van der Waals surface area contributed by atoms with E-state index in [0.717, 1.165) is 29.6 Å². The lowest BCUT2D eigenvalue weighted by Gasteiger charge is -2.17. The quantitative estimate of drug-likeness (QED) is 0.535. The lowest BCUT2D eigenvalue weighted by Crippen LogP contribution is -2.18. The molecule has 0 amide bonds. The first-order chi connectivity index (χ1) is 11.8. The third-order valence-corrected chi connectivity index (χ3v) is 4.46. The highest BCUT2D eigenvalue weighted by Gasteiger charge is 2.15. The predicted molar refractivity (Wildman–Crippen MR) is 98.1 cm³/mol. The fourth-order valence-electron chi connectivity index (χ4n) is 3.20. The Hall–Kier alpha value is -2.81. The number of hydrogen-bond acceptors (Lipinski definition) is 2. The van der Waals surface area contributed by atoms with Gasteiger partial charge in [-0.15, -0.1) is 0 Å². The summed E-state index contributed by atoms with van der Waals surface area (Å²) in [5, 5.41) is 6.18. The van der Waals surface area contributed by atoms with Crippen LogP contribution in [0.2, 0.25) is 0 Å². The van der Waals surface area contributed by atoms with Crippen LogP contribution >= 0.6 is 0 Å². The number of rotatable bonds is 5. The first-order valence-electron chi connectivity index (χ1n) is 8.43. The Balaban J connectivity index is 1.68. The van der Waals surface area contributed by atoms with E-state index in [-0.39, 0.29) is 0 Å². The average Bonchev–Trinajstić information content (AvgIpc) is 3.13. The van der Waals surface area contributed by atoms with E-state index in [9.17, 15) is 0 Å². The number of fused-ring (bicyclic) bond motifs is 2. The van der Waals surface area contributed by atoms with Crippen molar-refractivity contribution in [2.45, 2.75) is 25.8 Å². The molecular weight excluding hydrogens is 296 g/mol. The Labute approximate surface area is 141 Å². The van der Waals surface area contributed by atoms with Crippen LogP contribution in [-0.2, 0) is 6.42 Å². The van der Waals surface area contributed by atoms with Gasteiger partial charge in [0, 0.05) is 24.6 Å². The Morgan fingerprint density at radius 1 is 0.917 bits per heavy atom. The summed E-state index contributed by atoms with van der Waals surface area (Å²) < 4.78 is 5.44. The summed E-state index contributed by atoms with van der Waals surface area (Å²) in [5.74, 6) is 1.04. The van der Waals surface area contributed by atoms with Crippen molar-refractivity contribution in [3.8, 4) is 0 Å². The van der Waals surface area contributed by atoms with Gasteiger partial charge in [-0.1, -0.05) is 24.3 Å². The maximum atomic E-state index is 5.44. The number of hydrogen-bond donors (Lipinski definition) is 1. The maximum Gasteiger partial charge on any atom is 0.213 e. The van der Waals surface area contributed by atoms with Crippen LogP contribution in [0.1, 0.15) is 19.1 Å². The number of furan rings is 1. The molecule has 2 heterocycles. The van der Waals surface area contributed by atoms with Crippen LogP contribution in [0, 0.1) is 0 Å². The molecule has 24 heavy (non-hydrogen) atoms. The first kappa shape index (κ1) is 14.8. The van der Waals surface area contributed by atoms with Crippen molar-refractivity contribution in [3.05, 3.63) is 72.7 Å². The maximum absolute atomic E-state index is 5.44. The monoisotopic (exact) mass is 317 g/mol. The molecule has 2 aromatic carbocycles. The molecule has 3 nitrogen and oxygen atoms in total. The lowest BCUT2D eigenvalue weighted by molar-refractivity contribution is -0.310. The number of aromatic amines is 1. The fourth-order valence-corrected chi connectivity index (χ4v) is 3.20. The second kappa shape index (κ2) is 6.36. The number of para-hydroxylation sites is 2. The van der Waals surface area contributed by atoms with E-state index < -0.39 is 0 Å². The molecule has 120 valence electrons. The molecule has 0 spiro atoms. The summed E-state index contributed by atoms with van der Waals surface area (Å²) in [7, 11) is 0. The molecule has 0 saturated carbocycles. The molecule has 3 heteroatoms. The van der Waals surface area contributed by atoms with Crippen LogP contribution in [0.15, 0.2) is 71.3 Å². The highest BCUT2D eigenvalue weighted by Crippen LogP contribution is 2.29. The van der Waals surface area contributed by atoms with Crippen LogP contribution < -0.4 is 10.3 Å². The van der Waals surface area contributed by atoms with E-state index in [4.69, 9.17) is 4.42 Å². The number of nitrogens with one attached hydrogen (secondary N) is 2. The zero-order valence-electron chi connectivity index (χ0n) is 13.8.